The lowest BCUT2D eigenvalue weighted by atomic mass is 10.1. The molecule has 1 unspecified atom stereocenters. The van der Waals surface area contributed by atoms with Gasteiger partial charge in [-0.05, 0) is 50.2 Å². The van der Waals surface area contributed by atoms with E-state index in [-0.39, 0.29) is 0 Å². The van der Waals surface area contributed by atoms with Gasteiger partial charge in [-0.3, -0.25) is 4.98 Å². The summed E-state index contributed by atoms with van der Waals surface area (Å²) in [6.45, 7) is 2.70. The summed E-state index contributed by atoms with van der Waals surface area (Å²) in [6.07, 6.45) is 8.79. The van der Waals surface area contributed by atoms with Crippen molar-refractivity contribution in [1.29, 1.82) is 0 Å². The second-order valence-corrected chi connectivity index (χ2v) is 5.53. The number of alkyl halides is 1. The monoisotopic (exact) mass is 283 g/mol. The van der Waals surface area contributed by atoms with Crippen LogP contribution < -0.4 is 4.74 Å². The molecule has 0 amide bonds. The molecule has 3 heteroatoms. The van der Waals surface area contributed by atoms with Crippen molar-refractivity contribution in [3.8, 4) is 5.75 Å². The molecule has 0 radical (unpaired) electrons. The topological polar surface area (TPSA) is 22.1 Å². The van der Waals surface area contributed by atoms with Crippen LogP contribution in [0.3, 0.4) is 0 Å². The highest BCUT2D eigenvalue weighted by Crippen LogP contribution is 2.38. The summed E-state index contributed by atoms with van der Waals surface area (Å²) in [5.41, 5.74) is 1.27. The van der Waals surface area contributed by atoms with E-state index in [0.29, 0.717) is 11.4 Å². The highest BCUT2D eigenvalue weighted by atomic mass is 79.9. The first-order valence-corrected chi connectivity index (χ1v) is 6.92. The zero-order valence-electron chi connectivity index (χ0n) is 9.66. The number of aromatic nitrogens is 1. The Bertz CT molecular complexity index is 338. The Morgan fingerprint density at radius 2 is 2.31 bits per heavy atom. The quantitative estimate of drug-likeness (QED) is 0.745. The van der Waals surface area contributed by atoms with E-state index in [1.807, 2.05) is 13.1 Å². The summed E-state index contributed by atoms with van der Waals surface area (Å²) in [5, 5.41) is 0. The lowest BCUT2D eigenvalue weighted by Crippen LogP contribution is -2.03. The molecule has 1 atom stereocenters. The fourth-order valence-corrected chi connectivity index (χ4v) is 2.60. The Morgan fingerprint density at radius 3 is 3.00 bits per heavy atom. The van der Waals surface area contributed by atoms with E-state index in [1.54, 1.807) is 6.20 Å². The number of nitrogens with zero attached hydrogens (tertiary/aromatic N) is 1. The second-order valence-electron chi connectivity index (χ2n) is 4.35. The molecule has 2 nitrogen and oxygen atoms in total. The van der Waals surface area contributed by atoms with Crippen LogP contribution in [0.15, 0.2) is 18.5 Å². The van der Waals surface area contributed by atoms with Crippen LogP contribution in [0.1, 0.15) is 31.7 Å². The van der Waals surface area contributed by atoms with Gasteiger partial charge in [0.25, 0.3) is 0 Å². The number of halogens is 1. The predicted molar refractivity (Wildman–Crippen MR) is 69.2 cm³/mol. The molecule has 0 saturated heterocycles. The van der Waals surface area contributed by atoms with Crippen molar-refractivity contribution in [3.05, 3.63) is 24.0 Å². The summed E-state index contributed by atoms with van der Waals surface area (Å²) in [7, 11) is 0. The van der Waals surface area contributed by atoms with E-state index in [0.717, 1.165) is 18.1 Å². The Morgan fingerprint density at radius 1 is 1.50 bits per heavy atom. The molecule has 1 aliphatic carbocycles. The van der Waals surface area contributed by atoms with E-state index < -0.39 is 0 Å². The molecule has 0 N–H and O–H groups in total. The maximum Gasteiger partial charge on any atom is 0.137 e. The minimum absolute atomic E-state index is 0.684. The van der Waals surface area contributed by atoms with Gasteiger partial charge in [-0.2, -0.15) is 0 Å². The van der Waals surface area contributed by atoms with Crippen molar-refractivity contribution in [2.45, 2.75) is 37.4 Å². The van der Waals surface area contributed by atoms with Crippen molar-refractivity contribution < 1.29 is 4.74 Å². The molecule has 1 fully saturated rings. The normalized spacial score (nSPS) is 17.1. The van der Waals surface area contributed by atoms with Crippen molar-refractivity contribution in [2.75, 3.05) is 6.61 Å². The summed E-state index contributed by atoms with van der Waals surface area (Å²) in [4.78, 5) is 4.88. The molecule has 1 aliphatic rings. The lowest BCUT2D eigenvalue weighted by Gasteiger charge is -2.08. The molecule has 16 heavy (non-hydrogen) atoms. The van der Waals surface area contributed by atoms with Gasteiger partial charge in [0.05, 0.1) is 12.8 Å². The van der Waals surface area contributed by atoms with Gasteiger partial charge >= 0.3 is 0 Å². The number of ether oxygens (including phenoxy) is 1. The van der Waals surface area contributed by atoms with E-state index in [4.69, 9.17) is 4.74 Å². The molecule has 0 aliphatic heterocycles. The Kier molecular flexibility index (Phi) is 4.22. The van der Waals surface area contributed by atoms with Gasteiger partial charge in [0.15, 0.2) is 0 Å². The molecule has 2 rings (SSSR count). The average Bonchev–Trinajstić information content (AvgIpc) is 3.11. The van der Waals surface area contributed by atoms with Gasteiger partial charge in [-0.25, -0.2) is 0 Å². The zero-order chi connectivity index (χ0) is 11.4. The van der Waals surface area contributed by atoms with E-state index in [9.17, 15) is 0 Å². The molecule has 0 bridgehead atoms. The fourth-order valence-electron chi connectivity index (χ4n) is 1.84. The van der Waals surface area contributed by atoms with Crippen LogP contribution in [0.5, 0.6) is 5.75 Å². The second kappa shape index (κ2) is 5.67. The average molecular weight is 284 g/mol. The third-order valence-electron chi connectivity index (χ3n) is 2.92. The molecule has 1 saturated carbocycles. The zero-order valence-corrected chi connectivity index (χ0v) is 11.2. The molecule has 88 valence electrons. The van der Waals surface area contributed by atoms with Crippen LogP contribution in [-0.2, 0) is 6.42 Å². The Labute approximate surface area is 106 Å². The fraction of sp³-hybridized carbons (Fsp3) is 0.615. The number of hydrogen-bond donors (Lipinski definition) is 0. The van der Waals surface area contributed by atoms with Gasteiger partial charge < -0.3 is 4.74 Å². The highest BCUT2D eigenvalue weighted by Gasteiger charge is 2.28. The standard InChI is InChI=1S/C13H18BrNO/c1-2-16-12-7-10(8-15-9-12)3-6-13(14)11-4-5-11/h7-9,11,13H,2-6H2,1H3. The molecule has 0 spiro atoms. The predicted octanol–water partition coefficient (Wildman–Crippen LogP) is 3.59. The largest absolute Gasteiger partial charge is 0.492 e. The maximum atomic E-state index is 5.44. The third kappa shape index (κ3) is 3.48. The van der Waals surface area contributed by atoms with Crippen molar-refractivity contribution >= 4 is 15.9 Å². The van der Waals surface area contributed by atoms with Gasteiger partial charge in [-0.15, -0.1) is 0 Å². The van der Waals surface area contributed by atoms with Gasteiger partial charge in [-0.1, -0.05) is 15.9 Å². The third-order valence-corrected chi connectivity index (χ3v) is 4.13. The molecule has 1 aromatic heterocycles. The van der Waals surface area contributed by atoms with E-state index in [2.05, 4.69) is 27.0 Å². The van der Waals surface area contributed by atoms with Gasteiger partial charge in [0, 0.05) is 11.0 Å². The van der Waals surface area contributed by atoms with Crippen LogP contribution in [0.2, 0.25) is 0 Å². The molecular weight excluding hydrogens is 266 g/mol. The highest BCUT2D eigenvalue weighted by molar-refractivity contribution is 9.09. The minimum atomic E-state index is 0.684. The van der Waals surface area contributed by atoms with Gasteiger partial charge in [0.2, 0.25) is 0 Å². The first kappa shape index (κ1) is 11.9. The van der Waals surface area contributed by atoms with E-state index in [1.165, 1.54) is 24.8 Å². The van der Waals surface area contributed by atoms with Crippen molar-refractivity contribution in [1.82, 2.24) is 4.98 Å². The van der Waals surface area contributed by atoms with Crippen molar-refractivity contribution in [2.24, 2.45) is 5.92 Å². The first-order chi connectivity index (χ1) is 7.79. The molecular formula is C13H18BrNO. The van der Waals surface area contributed by atoms with Crippen LogP contribution in [0.25, 0.3) is 0 Å². The summed E-state index contributed by atoms with van der Waals surface area (Å²) in [6, 6.07) is 2.10. The summed E-state index contributed by atoms with van der Waals surface area (Å²) < 4.78 is 5.44. The van der Waals surface area contributed by atoms with Gasteiger partial charge in [0.1, 0.15) is 5.75 Å². The molecule has 0 aromatic carbocycles. The number of pyridine rings is 1. The van der Waals surface area contributed by atoms with Crippen LogP contribution in [0.4, 0.5) is 0 Å². The number of aryl methyl sites for hydroxylation is 1. The number of hydrogen-bond acceptors (Lipinski definition) is 2. The van der Waals surface area contributed by atoms with Crippen LogP contribution in [0, 0.1) is 5.92 Å². The van der Waals surface area contributed by atoms with Crippen molar-refractivity contribution in [3.63, 3.8) is 0 Å². The number of rotatable bonds is 6. The van der Waals surface area contributed by atoms with Crippen LogP contribution >= 0.6 is 15.9 Å². The van der Waals surface area contributed by atoms with E-state index >= 15 is 0 Å². The summed E-state index contributed by atoms with van der Waals surface area (Å²) in [5.74, 6) is 1.81. The molecule has 1 heterocycles. The van der Waals surface area contributed by atoms with Crippen LogP contribution in [-0.4, -0.2) is 16.4 Å². The minimum Gasteiger partial charge on any atom is -0.492 e. The molecule has 1 aromatic rings. The summed E-state index contributed by atoms with van der Waals surface area (Å²) >= 11 is 3.76. The Balaban J connectivity index is 1.85. The lowest BCUT2D eigenvalue weighted by molar-refractivity contribution is 0.338. The Hall–Kier alpha value is -0.570. The smallest absolute Gasteiger partial charge is 0.137 e. The SMILES string of the molecule is CCOc1cncc(CCC(Br)C2CC2)c1. The first-order valence-electron chi connectivity index (χ1n) is 6.00. The maximum absolute atomic E-state index is 5.44.